The Labute approximate surface area is 120 Å². The van der Waals surface area contributed by atoms with Crippen LogP contribution in [-0.2, 0) is 4.79 Å². The first-order chi connectivity index (χ1) is 9.82. The Kier molecular flexibility index (Phi) is 4.39. The summed E-state index contributed by atoms with van der Waals surface area (Å²) in [4.78, 5) is 14.2. The van der Waals surface area contributed by atoms with Gasteiger partial charge in [-0.1, -0.05) is 12.1 Å². The Morgan fingerprint density at radius 1 is 1.19 bits per heavy atom. The molecule has 0 bridgehead atoms. The standard InChI is InChI=1S/C14H16F4N2O/c1-10-3-2-4-11(9-10)19-5-7-20(8-6-19)13(21)14(17,18)12(15)16/h2-4,9,12H,5-8H2,1H3. The quantitative estimate of drug-likeness (QED) is 0.801. The topological polar surface area (TPSA) is 23.6 Å². The molecule has 1 aliphatic heterocycles. The first-order valence-corrected chi connectivity index (χ1v) is 6.59. The Morgan fingerprint density at radius 3 is 2.33 bits per heavy atom. The number of anilines is 1. The van der Waals surface area contributed by atoms with E-state index in [1.807, 2.05) is 36.1 Å². The molecule has 1 aromatic rings. The summed E-state index contributed by atoms with van der Waals surface area (Å²) >= 11 is 0. The molecule has 3 nitrogen and oxygen atoms in total. The van der Waals surface area contributed by atoms with Crippen LogP contribution in [0.2, 0.25) is 0 Å². The number of carbonyl (C=O) groups excluding carboxylic acids is 1. The van der Waals surface area contributed by atoms with Crippen molar-refractivity contribution in [2.45, 2.75) is 19.3 Å². The molecule has 0 aliphatic carbocycles. The summed E-state index contributed by atoms with van der Waals surface area (Å²) in [5.74, 6) is -6.40. The minimum absolute atomic E-state index is 0.00901. The number of halogens is 4. The van der Waals surface area contributed by atoms with Gasteiger partial charge in [0.05, 0.1) is 0 Å². The fourth-order valence-electron chi connectivity index (χ4n) is 2.30. The average Bonchev–Trinajstić information content (AvgIpc) is 2.46. The summed E-state index contributed by atoms with van der Waals surface area (Å²) in [6.45, 7) is 2.64. The highest BCUT2D eigenvalue weighted by Gasteiger charge is 2.51. The van der Waals surface area contributed by atoms with Gasteiger partial charge in [0, 0.05) is 31.9 Å². The molecule has 0 saturated carbocycles. The van der Waals surface area contributed by atoms with Crippen LogP contribution in [0.5, 0.6) is 0 Å². The van der Waals surface area contributed by atoms with E-state index in [4.69, 9.17) is 0 Å². The molecule has 1 aromatic carbocycles. The number of rotatable bonds is 3. The van der Waals surface area contributed by atoms with Crippen molar-refractivity contribution in [2.75, 3.05) is 31.1 Å². The van der Waals surface area contributed by atoms with E-state index in [9.17, 15) is 22.4 Å². The molecule has 1 saturated heterocycles. The number of hydrogen-bond acceptors (Lipinski definition) is 2. The molecular weight excluding hydrogens is 288 g/mol. The van der Waals surface area contributed by atoms with Crippen LogP contribution in [0.25, 0.3) is 0 Å². The maximum absolute atomic E-state index is 13.0. The summed E-state index contributed by atoms with van der Waals surface area (Å²) in [5.41, 5.74) is 2.00. The average molecular weight is 304 g/mol. The number of piperazine rings is 1. The van der Waals surface area contributed by atoms with Crippen molar-refractivity contribution in [1.82, 2.24) is 4.90 Å². The first kappa shape index (κ1) is 15.6. The normalized spacial score (nSPS) is 16.5. The maximum atomic E-state index is 13.0. The predicted octanol–water partition coefficient (Wildman–Crippen LogP) is 2.54. The zero-order valence-corrected chi connectivity index (χ0v) is 11.5. The Balaban J connectivity index is 1.99. The fraction of sp³-hybridized carbons (Fsp3) is 0.500. The molecule has 21 heavy (non-hydrogen) atoms. The molecule has 1 aliphatic rings. The van der Waals surface area contributed by atoms with Gasteiger partial charge in [-0.15, -0.1) is 0 Å². The molecule has 0 aromatic heterocycles. The molecule has 0 N–H and O–H groups in total. The number of amides is 1. The van der Waals surface area contributed by atoms with Gasteiger partial charge in [-0.3, -0.25) is 4.79 Å². The minimum atomic E-state index is -4.61. The van der Waals surface area contributed by atoms with Crippen LogP contribution in [0.3, 0.4) is 0 Å². The number of benzene rings is 1. The summed E-state index contributed by atoms with van der Waals surface area (Å²) in [6.07, 6.45) is -3.97. The minimum Gasteiger partial charge on any atom is -0.368 e. The second-order valence-electron chi connectivity index (χ2n) is 5.04. The van der Waals surface area contributed by atoms with Crippen molar-refractivity contribution in [2.24, 2.45) is 0 Å². The van der Waals surface area contributed by atoms with E-state index in [-0.39, 0.29) is 13.1 Å². The molecule has 0 atom stereocenters. The predicted molar refractivity (Wildman–Crippen MR) is 70.9 cm³/mol. The van der Waals surface area contributed by atoms with Crippen molar-refractivity contribution < 1.29 is 22.4 Å². The van der Waals surface area contributed by atoms with E-state index < -0.39 is 18.3 Å². The van der Waals surface area contributed by atoms with Crippen LogP contribution in [-0.4, -0.2) is 49.3 Å². The molecule has 1 fully saturated rings. The smallest absolute Gasteiger partial charge is 0.368 e. The second-order valence-corrected chi connectivity index (χ2v) is 5.04. The number of aryl methyl sites for hydroxylation is 1. The molecule has 1 heterocycles. The Bertz CT molecular complexity index is 513. The number of nitrogens with zero attached hydrogens (tertiary/aromatic N) is 2. The molecule has 1 amide bonds. The van der Waals surface area contributed by atoms with Crippen LogP contribution in [0, 0.1) is 6.92 Å². The van der Waals surface area contributed by atoms with Gasteiger partial charge in [-0.05, 0) is 24.6 Å². The van der Waals surface area contributed by atoms with E-state index in [0.29, 0.717) is 13.1 Å². The SMILES string of the molecule is Cc1cccc(N2CCN(C(=O)C(F)(F)C(F)F)CC2)c1. The number of carbonyl (C=O) groups is 1. The maximum Gasteiger partial charge on any atom is 0.383 e. The molecular formula is C14H16F4N2O. The molecule has 0 unspecified atom stereocenters. The molecule has 0 radical (unpaired) electrons. The lowest BCUT2D eigenvalue weighted by molar-refractivity contribution is -0.180. The van der Waals surface area contributed by atoms with Crippen LogP contribution >= 0.6 is 0 Å². The van der Waals surface area contributed by atoms with Gasteiger partial charge in [0.1, 0.15) is 0 Å². The van der Waals surface area contributed by atoms with Gasteiger partial charge in [0.2, 0.25) is 0 Å². The van der Waals surface area contributed by atoms with Gasteiger partial charge in [-0.25, -0.2) is 8.78 Å². The highest BCUT2D eigenvalue weighted by Crippen LogP contribution is 2.26. The van der Waals surface area contributed by atoms with Crippen LogP contribution < -0.4 is 4.90 Å². The third-order valence-corrected chi connectivity index (χ3v) is 3.49. The zero-order chi connectivity index (χ0) is 15.6. The molecule has 2 rings (SSSR count). The molecule has 116 valence electrons. The summed E-state index contributed by atoms with van der Waals surface area (Å²) < 4.78 is 50.5. The highest BCUT2D eigenvalue weighted by atomic mass is 19.3. The summed E-state index contributed by atoms with van der Waals surface area (Å²) in [7, 11) is 0. The van der Waals surface area contributed by atoms with Gasteiger partial charge >= 0.3 is 12.3 Å². The monoisotopic (exact) mass is 304 g/mol. The number of hydrogen-bond donors (Lipinski definition) is 0. The van der Waals surface area contributed by atoms with E-state index in [1.165, 1.54) is 0 Å². The number of alkyl halides is 4. The van der Waals surface area contributed by atoms with Crippen molar-refractivity contribution >= 4 is 11.6 Å². The Morgan fingerprint density at radius 2 is 1.81 bits per heavy atom. The lowest BCUT2D eigenvalue weighted by Gasteiger charge is -2.37. The largest absolute Gasteiger partial charge is 0.383 e. The summed E-state index contributed by atoms with van der Waals surface area (Å²) in [5, 5.41) is 0. The van der Waals surface area contributed by atoms with Gasteiger partial charge in [0.25, 0.3) is 5.91 Å². The van der Waals surface area contributed by atoms with Crippen LogP contribution in [0.4, 0.5) is 23.2 Å². The van der Waals surface area contributed by atoms with E-state index in [1.54, 1.807) is 0 Å². The zero-order valence-electron chi connectivity index (χ0n) is 11.5. The van der Waals surface area contributed by atoms with Crippen molar-refractivity contribution in [1.29, 1.82) is 0 Å². The van der Waals surface area contributed by atoms with Crippen molar-refractivity contribution in [3.8, 4) is 0 Å². The lowest BCUT2D eigenvalue weighted by atomic mass is 10.2. The fourth-order valence-corrected chi connectivity index (χ4v) is 2.30. The van der Waals surface area contributed by atoms with E-state index in [0.717, 1.165) is 16.2 Å². The van der Waals surface area contributed by atoms with Gasteiger partial charge in [-0.2, -0.15) is 8.78 Å². The lowest BCUT2D eigenvalue weighted by Crippen LogP contribution is -2.55. The van der Waals surface area contributed by atoms with E-state index in [2.05, 4.69) is 0 Å². The summed E-state index contributed by atoms with van der Waals surface area (Å²) in [6, 6.07) is 7.66. The molecule has 7 heteroatoms. The highest BCUT2D eigenvalue weighted by molar-refractivity contribution is 5.84. The van der Waals surface area contributed by atoms with Crippen LogP contribution in [0.15, 0.2) is 24.3 Å². The first-order valence-electron chi connectivity index (χ1n) is 6.59. The van der Waals surface area contributed by atoms with E-state index >= 15 is 0 Å². The van der Waals surface area contributed by atoms with Crippen molar-refractivity contribution in [3.63, 3.8) is 0 Å². The third-order valence-electron chi connectivity index (χ3n) is 3.49. The molecule has 0 spiro atoms. The van der Waals surface area contributed by atoms with Crippen molar-refractivity contribution in [3.05, 3.63) is 29.8 Å². The second kappa shape index (κ2) is 5.91. The van der Waals surface area contributed by atoms with Gasteiger partial charge < -0.3 is 9.80 Å². The Hall–Kier alpha value is -1.79. The van der Waals surface area contributed by atoms with Crippen LogP contribution in [0.1, 0.15) is 5.56 Å². The van der Waals surface area contributed by atoms with Gasteiger partial charge in [0.15, 0.2) is 0 Å². The third kappa shape index (κ3) is 3.28.